The second kappa shape index (κ2) is 11.0. The van der Waals surface area contributed by atoms with Gasteiger partial charge in [-0.15, -0.1) is 0 Å². The number of rotatable bonds is 7. The smallest absolute Gasteiger partial charge is 0.340 e. The lowest BCUT2D eigenvalue weighted by Crippen LogP contribution is -2.16. The molecule has 0 aliphatic rings. The van der Waals surface area contributed by atoms with Gasteiger partial charge in [-0.2, -0.15) is 0 Å². The van der Waals surface area contributed by atoms with Crippen molar-refractivity contribution in [3.05, 3.63) is 51.5 Å². The number of carboxylic acids is 1. The predicted molar refractivity (Wildman–Crippen MR) is 120 cm³/mol. The summed E-state index contributed by atoms with van der Waals surface area (Å²) in [6.07, 6.45) is 0. The van der Waals surface area contributed by atoms with E-state index < -0.39 is 48.2 Å². The zero-order valence-corrected chi connectivity index (χ0v) is 19.8. The van der Waals surface area contributed by atoms with Gasteiger partial charge < -0.3 is 10.8 Å². The maximum atomic E-state index is 13.2. The molecule has 0 fully saturated rings. The SMILES string of the molecule is CCS(=O)(=O)Nc1ccc(F)c(C(=O)O)c1Cl.CCS(=O)(=O)Nc1ccc(F)c(N)c1Cl. The highest BCUT2D eigenvalue weighted by Gasteiger charge is 2.20. The van der Waals surface area contributed by atoms with Gasteiger partial charge in [0.2, 0.25) is 20.0 Å². The van der Waals surface area contributed by atoms with Crippen LogP contribution in [0.15, 0.2) is 24.3 Å². The molecule has 178 valence electrons. The van der Waals surface area contributed by atoms with Crippen LogP contribution < -0.4 is 15.2 Å². The zero-order chi connectivity index (χ0) is 24.9. The van der Waals surface area contributed by atoms with Crippen LogP contribution in [0.4, 0.5) is 25.8 Å². The summed E-state index contributed by atoms with van der Waals surface area (Å²) >= 11 is 11.3. The third kappa shape index (κ3) is 7.36. The number of carboxylic acid groups (broad SMARTS) is 1. The lowest BCUT2D eigenvalue weighted by atomic mass is 10.2. The first-order valence-corrected chi connectivity index (χ1v) is 12.7. The van der Waals surface area contributed by atoms with Crippen LogP contribution in [0.3, 0.4) is 0 Å². The van der Waals surface area contributed by atoms with Crippen LogP contribution in [0.25, 0.3) is 0 Å². The first kappa shape index (κ1) is 27.7. The van der Waals surface area contributed by atoms with Crippen LogP contribution in [-0.2, 0) is 20.0 Å². The molecular weight excluding hydrogens is 515 g/mol. The van der Waals surface area contributed by atoms with Gasteiger partial charge in [0.15, 0.2) is 0 Å². The molecule has 9 nitrogen and oxygen atoms in total. The maximum Gasteiger partial charge on any atom is 0.340 e. The average molecular weight is 534 g/mol. The van der Waals surface area contributed by atoms with Crippen LogP contribution in [0.5, 0.6) is 0 Å². The van der Waals surface area contributed by atoms with Crippen LogP contribution in [0.1, 0.15) is 24.2 Å². The van der Waals surface area contributed by atoms with Crippen molar-refractivity contribution in [3.63, 3.8) is 0 Å². The van der Waals surface area contributed by atoms with Gasteiger partial charge >= 0.3 is 5.97 Å². The number of aromatic carboxylic acids is 1. The number of hydrogen-bond acceptors (Lipinski definition) is 6. The van der Waals surface area contributed by atoms with E-state index in [-0.39, 0.29) is 33.6 Å². The molecule has 0 amide bonds. The molecule has 0 spiro atoms. The summed E-state index contributed by atoms with van der Waals surface area (Å²) in [5.41, 5.74) is 4.19. The lowest BCUT2D eigenvalue weighted by Gasteiger charge is -2.10. The van der Waals surface area contributed by atoms with Crippen molar-refractivity contribution in [1.29, 1.82) is 0 Å². The maximum absolute atomic E-state index is 13.2. The van der Waals surface area contributed by atoms with Crippen molar-refractivity contribution in [2.75, 3.05) is 26.7 Å². The van der Waals surface area contributed by atoms with E-state index in [2.05, 4.69) is 9.44 Å². The summed E-state index contributed by atoms with van der Waals surface area (Å²) in [7, 11) is -7.04. The number of hydrogen-bond donors (Lipinski definition) is 4. The van der Waals surface area contributed by atoms with E-state index in [9.17, 15) is 30.4 Å². The Morgan fingerprint density at radius 2 is 1.31 bits per heavy atom. The van der Waals surface area contributed by atoms with Crippen molar-refractivity contribution in [1.82, 2.24) is 0 Å². The molecule has 0 heterocycles. The largest absolute Gasteiger partial charge is 0.478 e. The third-order valence-electron chi connectivity index (χ3n) is 3.72. The molecule has 2 aromatic rings. The number of halogens is 4. The van der Waals surface area contributed by atoms with Crippen molar-refractivity contribution in [2.45, 2.75) is 13.8 Å². The Balaban J connectivity index is 0.000000323. The zero-order valence-electron chi connectivity index (χ0n) is 16.6. The Morgan fingerprint density at radius 1 is 0.906 bits per heavy atom. The monoisotopic (exact) mass is 533 g/mol. The van der Waals surface area contributed by atoms with E-state index >= 15 is 0 Å². The quantitative estimate of drug-likeness (QED) is 0.394. The Kier molecular flexibility index (Phi) is 9.50. The van der Waals surface area contributed by atoms with Crippen LogP contribution in [0, 0.1) is 11.6 Å². The Hall–Kier alpha value is -2.35. The molecule has 2 aromatic carbocycles. The minimum atomic E-state index is -3.60. The summed E-state index contributed by atoms with van der Waals surface area (Å²) < 4.78 is 75.3. The number of nitrogens with one attached hydrogen (secondary N) is 2. The highest BCUT2D eigenvalue weighted by atomic mass is 35.5. The second-order valence-corrected chi connectivity index (χ2v) is 10.7. The van der Waals surface area contributed by atoms with Gasteiger partial charge in [0, 0.05) is 0 Å². The molecular formula is C17H19Cl2F2N3O6S2. The first-order valence-electron chi connectivity index (χ1n) is 8.61. The van der Waals surface area contributed by atoms with Crippen molar-refractivity contribution in [3.8, 4) is 0 Å². The van der Waals surface area contributed by atoms with Crippen LogP contribution >= 0.6 is 23.2 Å². The molecule has 0 saturated heterocycles. The molecule has 32 heavy (non-hydrogen) atoms. The van der Waals surface area contributed by atoms with Crippen molar-refractivity contribution >= 4 is 66.3 Å². The van der Waals surface area contributed by atoms with E-state index in [0.717, 1.165) is 18.2 Å². The number of nitrogens with two attached hydrogens (primary N) is 1. The highest BCUT2D eigenvalue weighted by molar-refractivity contribution is 7.92. The fourth-order valence-corrected chi connectivity index (χ4v) is 3.85. The number of anilines is 3. The Morgan fingerprint density at radius 3 is 1.72 bits per heavy atom. The molecule has 0 aliphatic heterocycles. The summed E-state index contributed by atoms with van der Waals surface area (Å²) in [4.78, 5) is 10.7. The molecule has 0 saturated carbocycles. The molecule has 0 atom stereocenters. The second-order valence-electron chi connectivity index (χ2n) is 5.92. The first-order chi connectivity index (χ1) is 14.7. The third-order valence-corrected chi connectivity index (χ3v) is 7.10. The molecule has 0 unspecified atom stereocenters. The molecule has 15 heteroatoms. The van der Waals surface area contributed by atoms with Gasteiger partial charge in [-0.05, 0) is 38.1 Å². The number of nitrogen functional groups attached to an aromatic ring is 1. The summed E-state index contributed by atoms with van der Waals surface area (Å²) in [6.45, 7) is 2.88. The molecule has 0 aromatic heterocycles. The highest BCUT2D eigenvalue weighted by Crippen LogP contribution is 2.31. The fraction of sp³-hybridized carbons (Fsp3) is 0.235. The van der Waals surface area contributed by atoms with E-state index in [1.165, 1.54) is 19.9 Å². The lowest BCUT2D eigenvalue weighted by molar-refractivity contribution is 0.0692. The Bertz CT molecular complexity index is 1230. The van der Waals surface area contributed by atoms with Gasteiger partial charge in [0.05, 0.1) is 38.6 Å². The van der Waals surface area contributed by atoms with Gasteiger partial charge in [-0.1, -0.05) is 23.2 Å². The average Bonchev–Trinajstić information content (AvgIpc) is 2.71. The molecule has 0 bridgehead atoms. The molecule has 5 N–H and O–H groups in total. The van der Waals surface area contributed by atoms with Gasteiger partial charge in [0.25, 0.3) is 0 Å². The van der Waals surface area contributed by atoms with Gasteiger partial charge in [0.1, 0.15) is 17.2 Å². The van der Waals surface area contributed by atoms with E-state index in [4.69, 9.17) is 34.0 Å². The summed E-state index contributed by atoms with van der Waals surface area (Å²) in [5.74, 6) is -3.57. The molecule has 0 aliphatic carbocycles. The minimum absolute atomic E-state index is 0.0809. The van der Waals surface area contributed by atoms with E-state index in [1.807, 2.05) is 0 Å². The minimum Gasteiger partial charge on any atom is -0.478 e. The molecule has 0 radical (unpaired) electrons. The van der Waals surface area contributed by atoms with Gasteiger partial charge in [-0.25, -0.2) is 30.4 Å². The number of sulfonamides is 2. The van der Waals surface area contributed by atoms with E-state index in [0.29, 0.717) is 0 Å². The van der Waals surface area contributed by atoms with Crippen LogP contribution in [0.2, 0.25) is 10.0 Å². The Labute approximate surface area is 193 Å². The normalized spacial score (nSPS) is 11.3. The van der Waals surface area contributed by atoms with Gasteiger partial charge in [-0.3, -0.25) is 9.44 Å². The predicted octanol–water partition coefficient (Wildman–Crippen LogP) is 3.76. The summed E-state index contributed by atoms with van der Waals surface area (Å²) in [6, 6.07) is 4.18. The molecule has 2 rings (SSSR count). The standard InChI is InChI=1S/C9H9ClFNO4S.C8H10ClFN2O2S/c1-2-17(15,16)12-6-4-3-5(11)7(8(6)10)9(13)14;1-2-15(13,14)12-6-4-3-5(10)8(11)7(6)9/h3-4,12H,2H2,1H3,(H,13,14);3-4,12H,2,11H2,1H3. The number of benzene rings is 2. The van der Waals surface area contributed by atoms with Crippen molar-refractivity contribution < 1.29 is 35.5 Å². The summed E-state index contributed by atoms with van der Waals surface area (Å²) in [5, 5.41) is 8.12. The van der Waals surface area contributed by atoms with Crippen molar-refractivity contribution in [2.24, 2.45) is 0 Å². The van der Waals surface area contributed by atoms with Crippen LogP contribution in [-0.4, -0.2) is 39.4 Å². The number of carbonyl (C=O) groups is 1. The fourth-order valence-electron chi connectivity index (χ4n) is 1.95. The van der Waals surface area contributed by atoms with E-state index in [1.54, 1.807) is 0 Å². The topological polar surface area (TPSA) is 156 Å².